The van der Waals surface area contributed by atoms with E-state index >= 15 is 0 Å². The van der Waals surface area contributed by atoms with Crippen LogP contribution in [0.1, 0.15) is 160 Å². The molecule has 0 spiro atoms. The van der Waals surface area contributed by atoms with Crippen LogP contribution in [0.5, 0.6) is 0 Å². The number of carbonyl (C=O) groups is 3. The van der Waals surface area contributed by atoms with Gasteiger partial charge in [0.25, 0.3) is 5.91 Å². The number of nitrogens with zero attached hydrogens (tertiary/aromatic N) is 2. The Kier molecular flexibility index (Phi) is 17.9. The second-order valence-corrected chi connectivity index (χ2v) is 13.9. The molecule has 1 aromatic rings. The largest absolute Gasteiger partial charge is 0.466 e. The lowest BCUT2D eigenvalue weighted by molar-refractivity contribution is -0.153. The van der Waals surface area contributed by atoms with Crippen LogP contribution < -0.4 is 5.32 Å². The summed E-state index contributed by atoms with van der Waals surface area (Å²) >= 11 is 0. The number of pyridine rings is 1. The van der Waals surface area contributed by atoms with Gasteiger partial charge >= 0.3 is 5.97 Å². The van der Waals surface area contributed by atoms with E-state index in [2.05, 4.69) is 28.5 Å². The van der Waals surface area contributed by atoms with Crippen LogP contribution in [0, 0.1) is 5.92 Å². The van der Waals surface area contributed by atoms with Crippen molar-refractivity contribution in [3.05, 3.63) is 35.2 Å². The van der Waals surface area contributed by atoms with Gasteiger partial charge < -0.3 is 14.9 Å². The fraction of sp³-hybridized carbons (Fsp3) is 0.718. The van der Waals surface area contributed by atoms with E-state index in [1.54, 1.807) is 6.20 Å². The number of ether oxygens (including phenoxy) is 1. The highest BCUT2D eigenvalue weighted by atomic mass is 19.1. The number of ketones is 1. The molecule has 2 heterocycles. The normalized spacial score (nSPS) is 17.5. The van der Waals surface area contributed by atoms with Crippen LogP contribution in [-0.4, -0.2) is 53.3 Å². The lowest BCUT2D eigenvalue weighted by Gasteiger charge is -2.30. The molecule has 3 rings (SSSR count). The lowest BCUT2D eigenvalue weighted by atomic mass is 9.83. The number of amides is 1. The van der Waals surface area contributed by atoms with E-state index in [0.29, 0.717) is 11.4 Å². The molecule has 0 radical (unpaired) electrons. The molecule has 1 aliphatic carbocycles. The minimum absolute atomic E-state index is 0.133. The number of halogens is 1. The minimum Gasteiger partial charge on any atom is -0.466 e. The van der Waals surface area contributed by atoms with Gasteiger partial charge in [0, 0.05) is 24.1 Å². The predicted molar refractivity (Wildman–Crippen MR) is 189 cm³/mol. The molecule has 1 unspecified atom stereocenters. The zero-order valence-electron chi connectivity index (χ0n) is 29.8. The zero-order chi connectivity index (χ0) is 34.6. The average molecular weight is 670 g/mol. The lowest BCUT2D eigenvalue weighted by Crippen LogP contribution is -2.55. The van der Waals surface area contributed by atoms with Gasteiger partial charge in [0.05, 0.1) is 18.7 Å². The van der Waals surface area contributed by atoms with Crippen molar-refractivity contribution in [2.75, 3.05) is 13.3 Å². The number of allylic oxidation sites excluding steroid dienone is 1. The highest BCUT2D eigenvalue weighted by Gasteiger charge is 2.51. The number of Topliss-reactive ketones (excluding diaryl/α,β-unsaturated/α-hetero) is 1. The summed E-state index contributed by atoms with van der Waals surface area (Å²) < 4.78 is 18.9. The summed E-state index contributed by atoms with van der Waals surface area (Å²) in [6, 6.07) is 0.628. The Balaban J connectivity index is 1.34. The molecule has 1 aromatic heterocycles. The highest BCUT2D eigenvalue weighted by molar-refractivity contribution is 6.07. The van der Waals surface area contributed by atoms with E-state index in [0.717, 1.165) is 43.2 Å². The number of hydrogen-bond acceptors (Lipinski definition) is 7. The van der Waals surface area contributed by atoms with Crippen molar-refractivity contribution >= 4 is 29.4 Å². The first kappa shape index (κ1) is 39.3. The molecule has 0 saturated carbocycles. The van der Waals surface area contributed by atoms with Gasteiger partial charge in [-0.15, -0.1) is 0 Å². The maximum Gasteiger partial charge on any atom is 0.308 e. The molecule has 268 valence electrons. The molecule has 1 aliphatic heterocycles. The Morgan fingerprint density at radius 2 is 1.54 bits per heavy atom. The first-order valence-electron chi connectivity index (χ1n) is 18.8. The summed E-state index contributed by atoms with van der Waals surface area (Å²) in [6.45, 7) is 4.84. The van der Waals surface area contributed by atoms with Crippen molar-refractivity contribution < 1.29 is 28.3 Å². The van der Waals surface area contributed by atoms with Crippen molar-refractivity contribution in [1.82, 2.24) is 10.3 Å². The number of nitrogens with one attached hydrogen (secondary N) is 1. The number of aromatic nitrogens is 1. The van der Waals surface area contributed by atoms with E-state index in [9.17, 15) is 18.8 Å². The van der Waals surface area contributed by atoms with Gasteiger partial charge in [-0.3, -0.25) is 19.4 Å². The quantitative estimate of drug-likeness (QED) is 0.0824. The molecule has 0 fully saturated rings. The summed E-state index contributed by atoms with van der Waals surface area (Å²) in [7, 11) is 0. The monoisotopic (exact) mass is 669 g/mol. The topological polar surface area (TPSA) is 107 Å². The molecule has 0 bridgehead atoms. The molecular formula is C39H60FN3O5. The van der Waals surface area contributed by atoms with Crippen molar-refractivity contribution in [2.24, 2.45) is 11.1 Å². The van der Waals surface area contributed by atoms with Crippen molar-refractivity contribution in [3.63, 3.8) is 0 Å². The van der Waals surface area contributed by atoms with Crippen LogP contribution in [0.4, 0.5) is 4.39 Å². The van der Waals surface area contributed by atoms with E-state index in [1.807, 2.05) is 26.0 Å². The summed E-state index contributed by atoms with van der Waals surface area (Å²) in [5.74, 6) is -2.48. The molecule has 0 aromatic carbocycles. The molecule has 48 heavy (non-hydrogen) atoms. The predicted octanol–water partition coefficient (Wildman–Crippen LogP) is 8.78. The number of fused-ring (bicyclic) bond motifs is 1. The Morgan fingerprint density at radius 3 is 2.12 bits per heavy atom. The Morgan fingerprint density at radius 1 is 0.938 bits per heavy atom. The number of hydrogen-bond donors (Lipinski definition) is 1. The third-order valence-electron chi connectivity index (χ3n) is 9.74. The molecule has 0 saturated heterocycles. The van der Waals surface area contributed by atoms with Crippen LogP contribution in [-0.2, 0) is 30.4 Å². The number of rotatable bonds is 25. The fourth-order valence-electron chi connectivity index (χ4n) is 6.54. The van der Waals surface area contributed by atoms with Gasteiger partial charge in [0.1, 0.15) is 18.4 Å². The number of carbonyl (C=O) groups excluding carboxylic acids is 3. The number of aryl methyl sites for hydroxylation is 1. The molecular weight excluding hydrogens is 609 g/mol. The first-order chi connectivity index (χ1) is 23.3. The first-order valence-corrected chi connectivity index (χ1v) is 18.8. The van der Waals surface area contributed by atoms with E-state index in [4.69, 9.17) is 9.57 Å². The summed E-state index contributed by atoms with van der Waals surface area (Å²) in [4.78, 5) is 49.0. The van der Waals surface area contributed by atoms with Crippen molar-refractivity contribution in [2.45, 2.75) is 161 Å². The number of unbranched alkanes of at least 4 members (excludes halogenated alkanes) is 15. The number of oxime groups is 1. The van der Waals surface area contributed by atoms with Gasteiger partial charge in [-0.05, 0) is 30.9 Å². The average Bonchev–Trinajstić information content (AvgIpc) is 3.56. The SMILES string of the molecule is CCCCCCCCCCCCCCCCCCOC(=O)C[C@H](NC(=O)C1(C(C)C)CC(c2nccc3c2C=CCC3)=NO1)C(=O)CF. The third kappa shape index (κ3) is 12.4. The highest BCUT2D eigenvalue weighted by Crippen LogP contribution is 2.35. The van der Waals surface area contributed by atoms with Gasteiger partial charge in [0.15, 0.2) is 5.78 Å². The van der Waals surface area contributed by atoms with Crippen molar-refractivity contribution in [1.29, 1.82) is 0 Å². The molecule has 2 aliphatic rings. The van der Waals surface area contributed by atoms with E-state index < -0.39 is 42.4 Å². The molecule has 1 amide bonds. The Labute approximate surface area is 288 Å². The van der Waals surface area contributed by atoms with Gasteiger partial charge in [-0.2, -0.15) is 0 Å². The molecule has 9 heteroatoms. The van der Waals surface area contributed by atoms with Gasteiger partial charge in [0.2, 0.25) is 5.60 Å². The maximum absolute atomic E-state index is 13.6. The second kappa shape index (κ2) is 21.8. The number of alkyl halides is 1. The van der Waals surface area contributed by atoms with Crippen LogP contribution in [0.25, 0.3) is 6.08 Å². The summed E-state index contributed by atoms with van der Waals surface area (Å²) in [6.07, 6.45) is 27.4. The molecule has 2 atom stereocenters. The summed E-state index contributed by atoms with van der Waals surface area (Å²) in [5.41, 5.74) is 1.89. The zero-order valence-corrected chi connectivity index (χ0v) is 29.8. The van der Waals surface area contributed by atoms with E-state index in [1.165, 1.54) is 83.5 Å². The van der Waals surface area contributed by atoms with Crippen LogP contribution >= 0.6 is 0 Å². The maximum atomic E-state index is 13.6. The van der Waals surface area contributed by atoms with Gasteiger partial charge in [-0.1, -0.05) is 134 Å². The Bertz CT molecular complexity index is 1220. The smallest absolute Gasteiger partial charge is 0.308 e. The van der Waals surface area contributed by atoms with Gasteiger partial charge in [-0.25, -0.2) is 4.39 Å². The third-order valence-corrected chi connectivity index (χ3v) is 9.74. The Hall–Kier alpha value is -3.10. The summed E-state index contributed by atoms with van der Waals surface area (Å²) in [5, 5.41) is 6.85. The number of esters is 1. The fourth-order valence-corrected chi connectivity index (χ4v) is 6.54. The van der Waals surface area contributed by atoms with Crippen LogP contribution in [0.3, 0.4) is 0 Å². The van der Waals surface area contributed by atoms with E-state index in [-0.39, 0.29) is 18.9 Å². The molecule has 8 nitrogen and oxygen atoms in total. The van der Waals surface area contributed by atoms with Crippen molar-refractivity contribution in [3.8, 4) is 0 Å². The molecule has 1 N–H and O–H groups in total. The van der Waals surface area contributed by atoms with Crippen LogP contribution in [0.15, 0.2) is 23.5 Å². The second-order valence-electron chi connectivity index (χ2n) is 13.9. The minimum atomic E-state index is -1.43. The standard InChI is InChI=1S/C39H60FN3O5/c1-4-5-6-7-8-9-10-11-12-13-14-15-16-17-18-21-26-47-36(45)27-33(35(44)29-40)42-38(46)39(30(2)3)28-34(43-48-39)37-32-23-20-19-22-31(32)24-25-41-37/h20,23-25,30,33H,4-19,21-22,26-29H2,1-3H3,(H,42,46)/t33-,39?/m0/s1. The van der Waals surface area contributed by atoms with Crippen LogP contribution in [0.2, 0.25) is 0 Å².